The maximum Gasteiger partial charge on any atom is 0.417 e. The second-order valence-corrected chi connectivity index (χ2v) is 5.13. The fraction of sp³-hybridized carbons (Fsp3) is 0.143. The Labute approximate surface area is 134 Å². The van der Waals surface area contributed by atoms with Gasteiger partial charge in [0.25, 0.3) is 5.88 Å². The fourth-order valence-electron chi connectivity index (χ4n) is 1.50. The number of hydrogen-bond acceptors (Lipinski definition) is 3. The quantitative estimate of drug-likeness (QED) is 0.563. The van der Waals surface area contributed by atoms with Crippen LogP contribution in [-0.2, 0) is 6.18 Å². The van der Waals surface area contributed by atoms with Crippen molar-refractivity contribution >= 4 is 28.9 Å². The smallest absolute Gasteiger partial charge is 0.335 e. The zero-order valence-electron chi connectivity index (χ0n) is 11.2. The standard InChI is InChI=1S/C14H9Cl2F3N2O/c1-8(9-2-4-11(15)5-3-9)21-22-13-12(16)6-10(7-20-13)14(17,18)19/h2-7H,1H3. The van der Waals surface area contributed by atoms with Crippen molar-refractivity contribution in [2.75, 3.05) is 0 Å². The highest BCUT2D eigenvalue weighted by molar-refractivity contribution is 6.32. The Morgan fingerprint density at radius 2 is 1.82 bits per heavy atom. The number of oxime groups is 1. The Balaban J connectivity index is 2.17. The molecule has 0 aliphatic heterocycles. The molecule has 0 fully saturated rings. The summed E-state index contributed by atoms with van der Waals surface area (Å²) < 4.78 is 37.5. The Bertz CT molecular complexity index is 700. The van der Waals surface area contributed by atoms with Crippen molar-refractivity contribution in [1.82, 2.24) is 4.98 Å². The first kappa shape index (κ1) is 16.6. The van der Waals surface area contributed by atoms with Crippen LogP contribution in [0.2, 0.25) is 10.0 Å². The highest BCUT2D eigenvalue weighted by Gasteiger charge is 2.31. The van der Waals surface area contributed by atoms with Crippen LogP contribution in [0.15, 0.2) is 41.7 Å². The average Bonchev–Trinajstić information content (AvgIpc) is 2.45. The number of benzene rings is 1. The number of alkyl halides is 3. The van der Waals surface area contributed by atoms with Crippen molar-refractivity contribution in [3.05, 3.63) is 57.7 Å². The van der Waals surface area contributed by atoms with Crippen molar-refractivity contribution in [3.63, 3.8) is 0 Å². The first-order chi connectivity index (χ1) is 10.3. The molecule has 22 heavy (non-hydrogen) atoms. The van der Waals surface area contributed by atoms with Crippen molar-refractivity contribution in [1.29, 1.82) is 0 Å². The molecule has 0 spiro atoms. The molecule has 2 aromatic rings. The minimum atomic E-state index is -4.52. The van der Waals surface area contributed by atoms with Gasteiger partial charge in [-0.15, -0.1) is 0 Å². The van der Waals surface area contributed by atoms with Crippen LogP contribution in [0.25, 0.3) is 0 Å². The molecule has 2 rings (SSSR count). The minimum absolute atomic E-state index is 0.206. The van der Waals surface area contributed by atoms with E-state index in [1.165, 1.54) is 0 Å². The first-order valence-electron chi connectivity index (χ1n) is 5.97. The van der Waals surface area contributed by atoms with Gasteiger partial charge in [-0.25, -0.2) is 4.98 Å². The molecule has 0 N–H and O–H groups in total. The molecule has 0 saturated carbocycles. The molecule has 0 aliphatic rings. The van der Waals surface area contributed by atoms with Crippen molar-refractivity contribution < 1.29 is 18.0 Å². The molecule has 3 nitrogen and oxygen atoms in total. The van der Waals surface area contributed by atoms with Crippen molar-refractivity contribution in [2.45, 2.75) is 13.1 Å². The predicted molar refractivity (Wildman–Crippen MR) is 78.5 cm³/mol. The highest BCUT2D eigenvalue weighted by atomic mass is 35.5. The summed E-state index contributed by atoms with van der Waals surface area (Å²) in [5.41, 5.74) is 0.283. The van der Waals surface area contributed by atoms with Gasteiger partial charge in [0.1, 0.15) is 5.02 Å². The lowest BCUT2D eigenvalue weighted by atomic mass is 10.1. The summed E-state index contributed by atoms with van der Waals surface area (Å²) in [6.07, 6.45) is -3.88. The summed E-state index contributed by atoms with van der Waals surface area (Å²) in [4.78, 5) is 8.52. The summed E-state index contributed by atoms with van der Waals surface area (Å²) in [5, 5.41) is 4.09. The molecule has 0 saturated heterocycles. The predicted octanol–water partition coefficient (Wildman–Crippen LogP) is 5.21. The monoisotopic (exact) mass is 348 g/mol. The van der Waals surface area contributed by atoms with E-state index in [0.717, 1.165) is 11.6 Å². The topological polar surface area (TPSA) is 34.5 Å². The number of rotatable bonds is 3. The molecule has 8 heteroatoms. The van der Waals surface area contributed by atoms with Gasteiger partial charge in [0, 0.05) is 11.2 Å². The van der Waals surface area contributed by atoms with Gasteiger partial charge in [-0.3, -0.25) is 0 Å². The first-order valence-corrected chi connectivity index (χ1v) is 6.73. The second-order valence-electron chi connectivity index (χ2n) is 4.28. The molecule has 0 radical (unpaired) electrons. The van der Waals surface area contributed by atoms with E-state index in [9.17, 15) is 13.2 Å². The lowest BCUT2D eigenvalue weighted by Crippen LogP contribution is -2.06. The van der Waals surface area contributed by atoms with Gasteiger partial charge >= 0.3 is 6.18 Å². The maximum atomic E-state index is 12.5. The van der Waals surface area contributed by atoms with E-state index in [1.807, 2.05) is 0 Å². The zero-order valence-corrected chi connectivity index (χ0v) is 12.7. The normalized spacial score (nSPS) is 12.4. The van der Waals surface area contributed by atoms with Crippen LogP contribution >= 0.6 is 23.2 Å². The number of aromatic nitrogens is 1. The summed E-state index contributed by atoms with van der Waals surface area (Å²) in [7, 11) is 0. The molecule has 1 aromatic carbocycles. The number of halogens is 5. The third-order valence-electron chi connectivity index (χ3n) is 2.67. The van der Waals surface area contributed by atoms with Crippen LogP contribution in [0.1, 0.15) is 18.1 Å². The van der Waals surface area contributed by atoms with E-state index in [2.05, 4.69) is 10.1 Å². The van der Waals surface area contributed by atoms with Crippen LogP contribution in [0.5, 0.6) is 5.88 Å². The van der Waals surface area contributed by atoms with Crippen LogP contribution in [0, 0.1) is 0 Å². The number of nitrogens with zero attached hydrogens (tertiary/aromatic N) is 2. The molecule has 0 unspecified atom stereocenters. The lowest BCUT2D eigenvalue weighted by Gasteiger charge is -2.08. The van der Waals surface area contributed by atoms with E-state index in [-0.39, 0.29) is 10.9 Å². The molecular weight excluding hydrogens is 340 g/mol. The van der Waals surface area contributed by atoms with Gasteiger partial charge in [-0.1, -0.05) is 40.5 Å². The van der Waals surface area contributed by atoms with Crippen molar-refractivity contribution in [2.24, 2.45) is 5.16 Å². The Morgan fingerprint density at radius 3 is 2.36 bits per heavy atom. The average molecular weight is 349 g/mol. The van der Waals surface area contributed by atoms with Crippen LogP contribution in [0.4, 0.5) is 13.2 Å². The Kier molecular flexibility index (Phi) is 4.93. The Hall–Kier alpha value is -1.79. The molecule has 0 bridgehead atoms. The third kappa shape index (κ3) is 4.11. The van der Waals surface area contributed by atoms with E-state index in [4.69, 9.17) is 28.0 Å². The van der Waals surface area contributed by atoms with Crippen LogP contribution < -0.4 is 4.84 Å². The Morgan fingerprint density at radius 1 is 1.18 bits per heavy atom. The van der Waals surface area contributed by atoms with Gasteiger partial charge in [-0.05, 0) is 30.7 Å². The lowest BCUT2D eigenvalue weighted by molar-refractivity contribution is -0.137. The molecular formula is C14H9Cl2F3N2O. The molecule has 116 valence electrons. The second kappa shape index (κ2) is 6.54. The van der Waals surface area contributed by atoms with Gasteiger partial charge in [0.15, 0.2) is 0 Å². The number of pyridine rings is 1. The van der Waals surface area contributed by atoms with E-state index < -0.39 is 11.7 Å². The molecule has 0 aliphatic carbocycles. The van der Waals surface area contributed by atoms with Gasteiger partial charge in [0.05, 0.1) is 11.3 Å². The van der Waals surface area contributed by atoms with E-state index in [1.54, 1.807) is 31.2 Å². The summed E-state index contributed by atoms with van der Waals surface area (Å²) in [6, 6.07) is 7.55. The summed E-state index contributed by atoms with van der Waals surface area (Å²) >= 11 is 11.5. The fourth-order valence-corrected chi connectivity index (χ4v) is 1.83. The summed E-state index contributed by atoms with van der Waals surface area (Å²) in [6.45, 7) is 1.67. The van der Waals surface area contributed by atoms with Crippen LogP contribution in [-0.4, -0.2) is 10.7 Å². The third-order valence-corrected chi connectivity index (χ3v) is 3.19. The zero-order chi connectivity index (χ0) is 16.3. The van der Waals surface area contributed by atoms with Crippen LogP contribution in [0.3, 0.4) is 0 Å². The minimum Gasteiger partial charge on any atom is -0.335 e. The van der Waals surface area contributed by atoms with Gasteiger partial charge in [0.2, 0.25) is 0 Å². The van der Waals surface area contributed by atoms with Crippen molar-refractivity contribution in [3.8, 4) is 5.88 Å². The molecule has 1 aromatic heterocycles. The number of hydrogen-bond donors (Lipinski definition) is 0. The molecule has 0 amide bonds. The van der Waals surface area contributed by atoms with Gasteiger partial charge in [-0.2, -0.15) is 13.2 Å². The highest BCUT2D eigenvalue weighted by Crippen LogP contribution is 2.33. The van der Waals surface area contributed by atoms with E-state index >= 15 is 0 Å². The van der Waals surface area contributed by atoms with E-state index in [0.29, 0.717) is 16.9 Å². The summed E-state index contributed by atoms with van der Waals surface area (Å²) in [5.74, 6) is -0.206. The molecule has 0 atom stereocenters. The SMILES string of the molecule is CC(=NOc1ncc(C(F)(F)F)cc1Cl)c1ccc(Cl)cc1. The molecule has 1 heterocycles. The van der Waals surface area contributed by atoms with Gasteiger partial charge < -0.3 is 4.84 Å². The largest absolute Gasteiger partial charge is 0.417 e. The maximum absolute atomic E-state index is 12.5.